The second kappa shape index (κ2) is 8.88. The third-order valence-electron chi connectivity index (χ3n) is 4.81. The molecule has 2 heteroatoms. The molecule has 3 rings (SSSR count). The van der Waals surface area contributed by atoms with Gasteiger partial charge in [0.05, 0.1) is 16.3 Å². The van der Waals surface area contributed by atoms with Gasteiger partial charge in [-0.25, -0.2) is 0 Å². The molecule has 0 N–H and O–H groups in total. The highest BCUT2D eigenvalue weighted by molar-refractivity contribution is 7.99. The van der Waals surface area contributed by atoms with Crippen molar-refractivity contribution in [3.63, 3.8) is 0 Å². The van der Waals surface area contributed by atoms with Crippen molar-refractivity contribution < 1.29 is 0 Å². The summed E-state index contributed by atoms with van der Waals surface area (Å²) in [4.78, 5) is 4.78. The predicted molar refractivity (Wildman–Crippen MR) is 113 cm³/mol. The van der Waals surface area contributed by atoms with Crippen molar-refractivity contribution in [3.05, 3.63) is 47.5 Å². The van der Waals surface area contributed by atoms with Gasteiger partial charge in [-0.2, -0.15) is 0 Å². The lowest BCUT2D eigenvalue weighted by molar-refractivity contribution is 0.608. The van der Waals surface area contributed by atoms with Crippen LogP contribution in [0.15, 0.2) is 46.2 Å². The van der Waals surface area contributed by atoms with Gasteiger partial charge in [0.25, 0.3) is 0 Å². The van der Waals surface area contributed by atoms with Crippen LogP contribution in [0.25, 0.3) is 0 Å². The Bertz CT molecular complexity index is 853. The molecule has 0 fully saturated rings. The molecule has 26 heavy (non-hydrogen) atoms. The van der Waals surface area contributed by atoms with Gasteiger partial charge in [0, 0.05) is 22.6 Å². The van der Waals surface area contributed by atoms with Gasteiger partial charge in [0.15, 0.2) is 0 Å². The molecule has 0 atom stereocenters. The van der Waals surface area contributed by atoms with Gasteiger partial charge in [0.2, 0.25) is 0 Å². The fourth-order valence-electron chi connectivity index (χ4n) is 3.40. The van der Waals surface area contributed by atoms with Crippen molar-refractivity contribution in [2.24, 2.45) is 0 Å². The first kappa shape index (κ1) is 18.5. The van der Waals surface area contributed by atoms with E-state index in [1.165, 1.54) is 59.7 Å². The summed E-state index contributed by atoms with van der Waals surface area (Å²) in [6.45, 7) is 3.27. The highest BCUT2D eigenvalue weighted by Gasteiger charge is 2.24. The Labute approximate surface area is 162 Å². The van der Waals surface area contributed by atoms with Crippen molar-refractivity contribution in [3.8, 4) is 24.7 Å². The molecule has 0 unspecified atom stereocenters. The molecule has 132 valence electrons. The second-order valence-electron chi connectivity index (χ2n) is 6.65. The van der Waals surface area contributed by atoms with E-state index in [-0.39, 0.29) is 0 Å². The summed E-state index contributed by atoms with van der Waals surface area (Å²) < 4.78 is 0. The molecule has 0 bridgehead atoms. The Morgan fingerprint density at radius 1 is 0.923 bits per heavy atom. The number of fused-ring (bicyclic) bond motifs is 2. The molecule has 1 nitrogen and oxygen atoms in total. The number of unbranched alkanes of at least 4 members (excludes halogenated alkanes) is 5. The summed E-state index contributed by atoms with van der Waals surface area (Å²) in [5.74, 6) is 5.58. The smallest absolute Gasteiger partial charge is 0.0565 e. The van der Waals surface area contributed by atoms with Crippen LogP contribution in [0.2, 0.25) is 0 Å². The fourth-order valence-corrected chi connectivity index (χ4v) is 4.61. The van der Waals surface area contributed by atoms with E-state index in [1.807, 2.05) is 12.1 Å². The van der Waals surface area contributed by atoms with Gasteiger partial charge in [-0.05, 0) is 36.8 Å². The molecule has 0 radical (unpaired) electrons. The van der Waals surface area contributed by atoms with E-state index >= 15 is 0 Å². The van der Waals surface area contributed by atoms with Gasteiger partial charge < -0.3 is 4.90 Å². The zero-order valence-electron chi connectivity index (χ0n) is 15.4. The van der Waals surface area contributed by atoms with Crippen LogP contribution in [0.1, 0.15) is 56.6 Å². The molecule has 0 saturated heterocycles. The Kier molecular flexibility index (Phi) is 6.32. The van der Waals surface area contributed by atoms with E-state index in [0.717, 1.165) is 17.7 Å². The molecule has 0 amide bonds. The highest BCUT2D eigenvalue weighted by Crippen LogP contribution is 2.49. The standard InChI is InChI=1S/C24H25NS/c1-4-7-8-9-10-11-17-25-21-16-15-19(5-2)18-23(21)26-24-20(6-3)13-12-14-22(24)25/h2-3,12-16,18H,4,7-11,17H2,1H3. The van der Waals surface area contributed by atoms with E-state index < -0.39 is 0 Å². The first-order valence-corrected chi connectivity index (χ1v) is 10.3. The Balaban J connectivity index is 1.86. The normalized spacial score (nSPS) is 12.0. The van der Waals surface area contributed by atoms with Gasteiger partial charge in [0.1, 0.15) is 0 Å². The van der Waals surface area contributed by atoms with Gasteiger partial charge >= 0.3 is 0 Å². The number of anilines is 2. The van der Waals surface area contributed by atoms with Crippen LogP contribution in [0, 0.1) is 24.7 Å². The monoisotopic (exact) mass is 359 g/mol. The van der Waals surface area contributed by atoms with Gasteiger partial charge in [-0.1, -0.05) is 68.7 Å². The van der Waals surface area contributed by atoms with Crippen molar-refractivity contribution in [1.82, 2.24) is 0 Å². The summed E-state index contributed by atoms with van der Waals surface area (Å²) >= 11 is 1.74. The minimum Gasteiger partial charge on any atom is -0.340 e. The maximum atomic E-state index is 5.75. The number of nitrogens with zero attached hydrogens (tertiary/aromatic N) is 1. The summed E-state index contributed by atoms with van der Waals surface area (Å²) in [6.07, 6.45) is 19.1. The Morgan fingerprint density at radius 3 is 2.50 bits per heavy atom. The third kappa shape index (κ3) is 3.92. The predicted octanol–water partition coefficient (Wildman–Crippen LogP) is 6.61. The molecule has 1 aliphatic rings. The summed E-state index contributed by atoms with van der Waals surface area (Å²) in [7, 11) is 0. The van der Waals surface area contributed by atoms with Crippen molar-refractivity contribution >= 4 is 23.1 Å². The maximum absolute atomic E-state index is 5.75. The third-order valence-corrected chi connectivity index (χ3v) is 5.99. The second-order valence-corrected chi connectivity index (χ2v) is 7.70. The van der Waals surface area contributed by atoms with Gasteiger partial charge in [-0.3, -0.25) is 0 Å². The Hall–Kier alpha value is -2.29. The largest absolute Gasteiger partial charge is 0.340 e. The lowest BCUT2D eigenvalue weighted by Crippen LogP contribution is -2.22. The fraction of sp³-hybridized carbons (Fsp3) is 0.333. The molecular weight excluding hydrogens is 334 g/mol. The number of benzene rings is 2. The van der Waals surface area contributed by atoms with Crippen molar-refractivity contribution in [1.29, 1.82) is 0 Å². The van der Waals surface area contributed by atoms with Crippen LogP contribution < -0.4 is 4.90 Å². The molecule has 0 aromatic heterocycles. The Morgan fingerprint density at radius 2 is 1.73 bits per heavy atom. The minimum atomic E-state index is 0.914. The van der Waals surface area contributed by atoms with Crippen LogP contribution in [0.4, 0.5) is 11.4 Å². The average Bonchev–Trinajstić information content (AvgIpc) is 2.68. The van der Waals surface area contributed by atoms with E-state index in [4.69, 9.17) is 12.8 Å². The first-order valence-electron chi connectivity index (χ1n) is 9.44. The highest BCUT2D eigenvalue weighted by atomic mass is 32.2. The minimum absolute atomic E-state index is 0.914. The number of hydrogen-bond acceptors (Lipinski definition) is 2. The van der Waals surface area contributed by atoms with Crippen LogP contribution >= 0.6 is 11.8 Å². The molecule has 2 aromatic rings. The zero-order valence-corrected chi connectivity index (χ0v) is 16.2. The molecule has 1 heterocycles. The maximum Gasteiger partial charge on any atom is 0.0565 e. The van der Waals surface area contributed by atoms with Crippen LogP contribution in [-0.2, 0) is 0 Å². The molecular formula is C24H25NS. The van der Waals surface area contributed by atoms with E-state index in [9.17, 15) is 0 Å². The number of hydrogen-bond donors (Lipinski definition) is 0. The van der Waals surface area contributed by atoms with Crippen LogP contribution in [0.3, 0.4) is 0 Å². The van der Waals surface area contributed by atoms with E-state index in [0.29, 0.717) is 0 Å². The quantitative estimate of drug-likeness (QED) is 0.404. The van der Waals surface area contributed by atoms with Crippen LogP contribution in [-0.4, -0.2) is 6.54 Å². The molecule has 0 saturated carbocycles. The average molecular weight is 360 g/mol. The lowest BCUT2D eigenvalue weighted by atomic mass is 10.1. The van der Waals surface area contributed by atoms with E-state index in [1.54, 1.807) is 11.8 Å². The molecule has 1 aliphatic heterocycles. The first-order chi connectivity index (χ1) is 12.8. The summed E-state index contributed by atoms with van der Waals surface area (Å²) in [5.41, 5.74) is 4.33. The molecule has 2 aromatic carbocycles. The zero-order chi connectivity index (χ0) is 18.4. The molecule has 0 spiro atoms. The van der Waals surface area contributed by atoms with E-state index in [2.05, 4.69) is 47.9 Å². The van der Waals surface area contributed by atoms with Gasteiger partial charge in [-0.15, -0.1) is 12.8 Å². The molecule has 0 aliphatic carbocycles. The van der Waals surface area contributed by atoms with Crippen LogP contribution in [0.5, 0.6) is 0 Å². The number of rotatable bonds is 7. The van der Waals surface area contributed by atoms with Crippen molar-refractivity contribution in [2.75, 3.05) is 11.4 Å². The summed E-state index contributed by atoms with van der Waals surface area (Å²) in [6, 6.07) is 12.5. The summed E-state index contributed by atoms with van der Waals surface area (Å²) in [5, 5.41) is 0. The topological polar surface area (TPSA) is 3.24 Å². The van der Waals surface area contributed by atoms with Crippen molar-refractivity contribution in [2.45, 2.75) is 55.2 Å². The number of terminal acetylenes is 2. The SMILES string of the molecule is C#Cc1ccc2c(c1)Sc1c(C#C)cccc1N2CCCCCCCC. The lowest BCUT2D eigenvalue weighted by Gasteiger charge is -2.33.